The van der Waals surface area contributed by atoms with E-state index >= 15 is 0 Å². The van der Waals surface area contributed by atoms with Crippen molar-refractivity contribution in [3.63, 3.8) is 0 Å². The zero-order chi connectivity index (χ0) is 18.7. The summed E-state index contributed by atoms with van der Waals surface area (Å²) in [4.78, 5) is 5.59. The molecule has 0 fully saturated rings. The summed E-state index contributed by atoms with van der Waals surface area (Å²) in [6.45, 7) is 0. The third-order valence-electron chi connectivity index (χ3n) is 3.89. The average molecular weight is 434 g/mol. The summed E-state index contributed by atoms with van der Waals surface area (Å²) in [6.07, 6.45) is 5.57. The fourth-order valence-corrected chi connectivity index (χ4v) is 3.71. The van der Waals surface area contributed by atoms with Crippen molar-refractivity contribution in [2.24, 2.45) is 5.16 Å². The SMILES string of the molecule is C#Cc1cccc(Nc2ccc(S(=O)(=O)NC)cc2[C@H]2CC(Br)=NO2)c1. The summed E-state index contributed by atoms with van der Waals surface area (Å²) >= 11 is 3.31. The van der Waals surface area contributed by atoms with E-state index in [9.17, 15) is 8.42 Å². The molecular formula is C18H16BrN3O3S. The molecule has 134 valence electrons. The summed E-state index contributed by atoms with van der Waals surface area (Å²) in [5, 5.41) is 7.17. The highest BCUT2D eigenvalue weighted by molar-refractivity contribution is 9.18. The Morgan fingerprint density at radius 1 is 1.31 bits per heavy atom. The van der Waals surface area contributed by atoms with Gasteiger partial charge >= 0.3 is 0 Å². The molecule has 0 spiro atoms. The summed E-state index contributed by atoms with van der Waals surface area (Å²) in [6, 6.07) is 12.2. The van der Waals surface area contributed by atoms with Gasteiger partial charge in [0.2, 0.25) is 10.0 Å². The Hall–Kier alpha value is -2.34. The molecule has 0 aliphatic carbocycles. The molecule has 1 aliphatic rings. The second-order valence-electron chi connectivity index (χ2n) is 5.57. The molecule has 0 unspecified atom stereocenters. The summed E-state index contributed by atoms with van der Waals surface area (Å²) in [7, 11) is -2.20. The highest BCUT2D eigenvalue weighted by atomic mass is 79.9. The number of anilines is 2. The van der Waals surface area contributed by atoms with E-state index in [0.717, 1.165) is 16.9 Å². The van der Waals surface area contributed by atoms with Crippen molar-refractivity contribution >= 4 is 41.9 Å². The number of halogens is 1. The highest BCUT2D eigenvalue weighted by Gasteiger charge is 2.26. The third kappa shape index (κ3) is 3.90. The number of hydrogen-bond acceptors (Lipinski definition) is 5. The molecule has 0 radical (unpaired) electrons. The minimum atomic E-state index is -3.57. The number of terminal acetylenes is 1. The topological polar surface area (TPSA) is 79.8 Å². The van der Waals surface area contributed by atoms with Crippen LogP contribution < -0.4 is 10.0 Å². The van der Waals surface area contributed by atoms with Gasteiger partial charge in [0.25, 0.3) is 0 Å². The largest absolute Gasteiger partial charge is 0.386 e. The van der Waals surface area contributed by atoms with Crippen LogP contribution in [0.5, 0.6) is 0 Å². The van der Waals surface area contributed by atoms with Crippen molar-refractivity contribution in [1.82, 2.24) is 4.72 Å². The molecule has 2 N–H and O–H groups in total. The summed E-state index contributed by atoms with van der Waals surface area (Å²) in [5.74, 6) is 2.59. The minimum absolute atomic E-state index is 0.157. The van der Waals surface area contributed by atoms with Gasteiger partial charge in [0.05, 0.1) is 4.90 Å². The molecule has 1 aliphatic heterocycles. The number of rotatable bonds is 5. The van der Waals surface area contributed by atoms with Gasteiger partial charge in [-0.1, -0.05) is 17.1 Å². The lowest BCUT2D eigenvalue weighted by Gasteiger charge is -2.17. The third-order valence-corrected chi connectivity index (χ3v) is 5.77. The lowest BCUT2D eigenvalue weighted by atomic mass is 10.0. The van der Waals surface area contributed by atoms with E-state index in [-0.39, 0.29) is 4.90 Å². The van der Waals surface area contributed by atoms with Crippen molar-refractivity contribution in [1.29, 1.82) is 0 Å². The van der Waals surface area contributed by atoms with Crippen molar-refractivity contribution in [2.45, 2.75) is 17.4 Å². The predicted octanol–water partition coefficient (Wildman–Crippen LogP) is 3.49. The lowest BCUT2D eigenvalue weighted by molar-refractivity contribution is 0.0861. The van der Waals surface area contributed by atoms with Gasteiger partial charge in [-0.25, -0.2) is 13.1 Å². The number of sulfonamides is 1. The maximum atomic E-state index is 12.2. The molecule has 2 aromatic carbocycles. The van der Waals surface area contributed by atoms with Gasteiger partial charge in [0, 0.05) is 28.9 Å². The fraction of sp³-hybridized carbons (Fsp3) is 0.167. The highest BCUT2D eigenvalue weighted by Crippen LogP contribution is 2.36. The van der Waals surface area contributed by atoms with Crippen molar-refractivity contribution < 1.29 is 13.3 Å². The van der Waals surface area contributed by atoms with Gasteiger partial charge in [-0.15, -0.1) is 6.42 Å². The first-order chi connectivity index (χ1) is 12.4. The maximum absolute atomic E-state index is 12.2. The first-order valence-electron chi connectivity index (χ1n) is 7.72. The van der Waals surface area contributed by atoms with Gasteiger partial charge in [-0.05, 0) is 59.4 Å². The zero-order valence-corrected chi connectivity index (χ0v) is 16.3. The molecule has 2 aromatic rings. The Labute approximate surface area is 160 Å². The Balaban J connectivity index is 2.02. The number of hydrogen-bond donors (Lipinski definition) is 2. The first kappa shape index (κ1) is 18.5. The van der Waals surface area contributed by atoms with Crippen molar-refractivity contribution in [3.05, 3.63) is 53.6 Å². The molecule has 26 heavy (non-hydrogen) atoms. The summed E-state index contributed by atoms with van der Waals surface area (Å²) in [5.41, 5.74) is 2.94. The maximum Gasteiger partial charge on any atom is 0.240 e. The Morgan fingerprint density at radius 3 is 2.77 bits per heavy atom. The molecule has 1 atom stereocenters. The van der Waals surface area contributed by atoms with Crippen LogP contribution in [0.2, 0.25) is 0 Å². The smallest absolute Gasteiger partial charge is 0.240 e. The van der Waals surface area contributed by atoms with Crippen LogP contribution >= 0.6 is 15.9 Å². The Bertz CT molecular complexity index is 1010. The second-order valence-corrected chi connectivity index (χ2v) is 8.37. The van der Waals surface area contributed by atoms with E-state index < -0.39 is 16.1 Å². The Kier molecular flexibility index (Phi) is 5.32. The van der Waals surface area contributed by atoms with Crippen LogP contribution in [0.1, 0.15) is 23.7 Å². The number of oxime groups is 1. The molecule has 0 aromatic heterocycles. The molecule has 0 bridgehead atoms. The fourth-order valence-electron chi connectivity index (χ4n) is 2.56. The number of nitrogens with one attached hydrogen (secondary N) is 2. The van der Waals surface area contributed by atoms with Crippen LogP contribution in [0.3, 0.4) is 0 Å². The quantitative estimate of drug-likeness (QED) is 0.707. The van der Waals surface area contributed by atoms with Crippen molar-refractivity contribution in [3.8, 4) is 12.3 Å². The van der Waals surface area contributed by atoms with Crippen LogP contribution in [0.25, 0.3) is 0 Å². The van der Waals surface area contributed by atoms with Crippen LogP contribution in [0.4, 0.5) is 11.4 Å². The molecular weight excluding hydrogens is 418 g/mol. The second kappa shape index (κ2) is 7.50. The van der Waals surface area contributed by atoms with Gasteiger partial charge < -0.3 is 10.2 Å². The number of benzene rings is 2. The lowest BCUT2D eigenvalue weighted by Crippen LogP contribution is -2.19. The van der Waals surface area contributed by atoms with E-state index in [1.807, 2.05) is 24.3 Å². The van der Waals surface area contributed by atoms with Gasteiger partial charge in [-0.3, -0.25) is 0 Å². The van der Waals surface area contributed by atoms with Crippen LogP contribution in [-0.4, -0.2) is 20.1 Å². The number of nitrogens with zero attached hydrogens (tertiary/aromatic N) is 1. The van der Waals surface area contributed by atoms with E-state index in [1.54, 1.807) is 12.1 Å². The normalized spacial score (nSPS) is 16.5. The van der Waals surface area contributed by atoms with E-state index in [1.165, 1.54) is 13.1 Å². The van der Waals surface area contributed by atoms with Crippen molar-refractivity contribution in [2.75, 3.05) is 12.4 Å². The van der Waals surface area contributed by atoms with Crippen LogP contribution in [0, 0.1) is 12.3 Å². The van der Waals surface area contributed by atoms with E-state index in [0.29, 0.717) is 16.6 Å². The van der Waals surface area contributed by atoms with Crippen LogP contribution in [0.15, 0.2) is 52.5 Å². The Morgan fingerprint density at radius 2 is 2.12 bits per heavy atom. The summed E-state index contributed by atoms with van der Waals surface area (Å²) < 4.78 is 27.3. The van der Waals surface area contributed by atoms with E-state index in [2.05, 4.69) is 37.0 Å². The van der Waals surface area contributed by atoms with Gasteiger partial charge in [-0.2, -0.15) is 0 Å². The molecule has 0 saturated carbocycles. The average Bonchev–Trinajstić information content (AvgIpc) is 3.08. The first-order valence-corrected chi connectivity index (χ1v) is 10.00. The molecule has 0 saturated heterocycles. The monoisotopic (exact) mass is 433 g/mol. The minimum Gasteiger partial charge on any atom is -0.386 e. The zero-order valence-electron chi connectivity index (χ0n) is 13.9. The molecule has 1 heterocycles. The predicted molar refractivity (Wildman–Crippen MR) is 105 cm³/mol. The molecule has 6 nitrogen and oxygen atoms in total. The molecule has 8 heteroatoms. The molecule has 3 rings (SSSR count). The standard InChI is InChI=1S/C18H16BrN3O3S/c1-3-12-5-4-6-13(9-12)21-16-8-7-14(26(23,24)20-2)10-15(16)17-11-18(19)22-25-17/h1,4-10,17,20-21H,11H2,2H3/t17-/m1/s1. The van der Waals surface area contributed by atoms with Gasteiger partial charge in [0.1, 0.15) is 4.62 Å². The van der Waals surface area contributed by atoms with E-state index in [4.69, 9.17) is 11.3 Å². The molecule has 0 amide bonds. The van der Waals surface area contributed by atoms with Gasteiger partial charge in [0.15, 0.2) is 6.10 Å². The van der Waals surface area contributed by atoms with Crippen LogP contribution in [-0.2, 0) is 14.9 Å².